The first kappa shape index (κ1) is 11.8. The van der Waals surface area contributed by atoms with E-state index in [1.807, 2.05) is 6.08 Å². The van der Waals surface area contributed by atoms with Crippen molar-refractivity contribution in [1.29, 1.82) is 0 Å². The third kappa shape index (κ3) is 4.16. The molecule has 0 saturated carbocycles. The van der Waals surface area contributed by atoms with Gasteiger partial charge in [0.05, 0.1) is 0 Å². The van der Waals surface area contributed by atoms with Crippen LogP contribution < -0.4 is 5.73 Å². The zero-order chi connectivity index (χ0) is 11.3. The molecule has 0 atom stereocenters. The summed E-state index contributed by atoms with van der Waals surface area (Å²) in [7, 11) is 0. The lowest BCUT2D eigenvalue weighted by atomic mass is 10.1. The minimum Gasteiger partial charge on any atom is -0.398 e. The summed E-state index contributed by atoms with van der Waals surface area (Å²) < 4.78 is 12.7. The highest BCUT2D eigenvalue weighted by molar-refractivity contribution is 8.13. The van der Waals surface area contributed by atoms with Gasteiger partial charge in [-0.15, -0.1) is 0 Å². The molecule has 0 aliphatic heterocycles. The van der Waals surface area contributed by atoms with E-state index in [2.05, 4.69) is 0 Å². The van der Waals surface area contributed by atoms with Gasteiger partial charge in [-0.25, -0.2) is 4.39 Å². The maximum absolute atomic E-state index is 12.7. The molecule has 0 unspecified atom stereocenters. The van der Waals surface area contributed by atoms with Crippen LogP contribution in [0, 0.1) is 5.82 Å². The molecule has 2 nitrogen and oxygen atoms in total. The molecule has 0 heterocycles. The number of halogens is 1. The average molecular weight is 225 g/mol. The quantitative estimate of drug-likeness (QED) is 0.804. The standard InChI is InChI=1S/C11H12FNOS/c1-8(14)15-6-2-3-9-4-5-10(12)7-11(9)13/h2-5,7H,6,13H2,1H3. The predicted molar refractivity (Wildman–Crippen MR) is 63.0 cm³/mol. The number of carbonyl (C=O) groups is 1. The van der Waals surface area contributed by atoms with Crippen molar-refractivity contribution in [2.75, 3.05) is 11.5 Å². The highest BCUT2D eigenvalue weighted by atomic mass is 32.2. The van der Waals surface area contributed by atoms with Crippen LogP contribution in [0.25, 0.3) is 6.08 Å². The molecule has 1 aromatic rings. The molecule has 0 radical (unpaired) electrons. The molecule has 0 bridgehead atoms. The zero-order valence-corrected chi connectivity index (χ0v) is 9.18. The summed E-state index contributed by atoms with van der Waals surface area (Å²) in [5.41, 5.74) is 6.76. The highest BCUT2D eigenvalue weighted by Crippen LogP contribution is 2.15. The Morgan fingerprint density at radius 3 is 2.93 bits per heavy atom. The second kappa shape index (κ2) is 5.56. The number of thioether (sulfide) groups is 1. The van der Waals surface area contributed by atoms with Gasteiger partial charge in [0.15, 0.2) is 5.12 Å². The van der Waals surface area contributed by atoms with Crippen LogP contribution in [0.1, 0.15) is 12.5 Å². The van der Waals surface area contributed by atoms with Crippen LogP contribution in [-0.2, 0) is 4.79 Å². The SMILES string of the molecule is CC(=O)SCC=Cc1ccc(F)cc1N. The number of anilines is 1. The molecule has 1 aromatic carbocycles. The summed E-state index contributed by atoms with van der Waals surface area (Å²) in [6.07, 6.45) is 3.61. The Balaban J connectivity index is 2.60. The maximum Gasteiger partial charge on any atom is 0.186 e. The van der Waals surface area contributed by atoms with Crippen molar-refractivity contribution in [2.24, 2.45) is 0 Å². The van der Waals surface area contributed by atoms with Gasteiger partial charge in [-0.1, -0.05) is 30.0 Å². The lowest BCUT2D eigenvalue weighted by Crippen LogP contribution is -1.90. The van der Waals surface area contributed by atoms with Crippen LogP contribution in [0.2, 0.25) is 0 Å². The minimum atomic E-state index is -0.345. The van der Waals surface area contributed by atoms with Gasteiger partial charge in [0.2, 0.25) is 0 Å². The molecule has 15 heavy (non-hydrogen) atoms. The fourth-order valence-corrected chi connectivity index (χ4v) is 1.47. The third-order valence-electron chi connectivity index (χ3n) is 1.73. The van der Waals surface area contributed by atoms with Crippen LogP contribution >= 0.6 is 11.8 Å². The normalized spacial score (nSPS) is 10.8. The Morgan fingerprint density at radius 2 is 2.33 bits per heavy atom. The molecular weight excluding hydrogens is 213 g/mol. The Hall–Kier alpha value is -1.29. The second-order valence-electron chi connectivity index (χ2n) is 2.98. The van der Waals surface area contributed by atoms with E-state index in [0.29, 0.717) is 11.4 Å². The van der Waals surface area contributed by atoms with Gasteiger partial charge in [-0.05, 0) is 17.7 Å². The van der Waals surface area contributed by atoms with Gasteiger partial charge in [0.1, 0.15) is 5.82 Å². The number of benzene rings is 1. The Kier molecular flexibility index (Phi) is 4.37. The van der Waals surface area contributed by atoms with Crippen molar-refractivity contribution < 1.29 is 9.18 Å². The van der Waals surface area contributed by atoms with Gasteiger partial charge in [0, 0.05) is 18.4 Å². The average Bonchev–Trinajstić information content (AvgIpc) is 2.14. The molecule has 0 aliphatic rings. The predicted octanol–water partition coefficient (Wildman–Crippen LogP) is 2.70. The van der Waals surface area contributed by atoms with E-state index in [0.717, 1.165) is 5.56 Å². The van der Waals surface area contributed by atoms with Crippen LogP contribution in [-0.4, -0.2) is 10.9 Å². The molecule has 80 valence electrons. The molecule has 0 saturated heterocycles. The fraction of sp³-hybridized carbons (Fsp3) is 0.182. The number of carbonyl (C=O) groups excluding carboxylic acids is 1. The van der Waals surface area contributed by atoms with Gasteiger partial charge in [-0.3, -0.25) is 4.79 Å². The topological polar surface area (TPSA) is 43.1 Å². The van der Waals surface area contributed by atoms with E-state index >= 15 is 0 Å². The summed E-state index contributed by atoms with van der Waals surface area (Å²) in [6.45, 7) is 1.52. The van der Waals surface area contributed by atoms with Crippen molar-refractivity contribution >= 4 is 28.6 Å². The highest BCUT2D eigenvalue weighted by Gasteiger charge is 1.96. The van der Waals surface area contributed by atoms with Crippen molar-refractivity contribution in [2.45, 2.75) is 6.92 Å². The van der Waals surface area contributed by atoms with Crippen molar-refractivity contribution in [3.63, 3.8) is 0 Å². The van der Waals surface area contributed by atoms with Crippen LogP contribution in [0.15, 0.2) is 24.3 Å². The smallest absolute Gasteiger partial charge is 0.186 e. The Morgan fingerprint density at radius 1 is 1.60 bits per heavy atom. The molecule has 0 fully saturated rings. The van der Waals surface area contributed by atoms with E-state index in [-0.39, 0.29) is 10.9 Å². The molecule has 2 N–H and O–H groups in total. The van der Waals surface area contributed by atoms with Crippen molar-refractivity contribution in [1.82, 2.24) is 0 Å². The Labute approximate surface area is 92.4 Å². The molecule has 1 rings (SSSR count). The zero-order valence-electron chi connectivity index (χ0n) is 8.37. The van der Waals surface area contributed by atoms with Gasteiger partial charge >= 0.3 is 0 Å². The lowest BCUT2D eigenvalue weighted by molar-refractivity contribution is -0.109. The van der Waals surface area contributed by atoms with Gasteiger partial charge in [-0.2, -0.15) is 0 Å². The van der Waals surface area contributed by atoms with E-state index in [1.165, 1.54) is 30.8 Å². The fourth-order valence-electron chi connectivity index (χ4n) is 1.04. The maximum atomic E-state index is 12.7. The summed E-state index contributed by atoms with van der Waals surface area (Å²) >= 11 is 1.22. The first-order chi connectivity index (χ1) is 7.09. The van der Waals surface area contributed by atoms with E-state index in [9.17, 15) is 9.18 Å². The number of rotatable bonds is 3. The summed E-state index contributed by atoms with van der Waals surface area (Å²) in [4.78, 5) is 10.6. The molecule has 0 amide bonds. The molecule has 0 aliphatic carbocycles. The van der Waals surface area contributed by atoms with Crippen LogP contribution in [0.4, 0.5) is 10.1 Å². The largest absolute Gasteiger partial charge is 0.398 e. The summed E-state index contributed by atoms with van der Waals surface area (Å²) in [5, 5.41) is 0.0757. The molecule has 0 aromatic heterocycles. The molecule has 0 spiro atoms. The van der Waals surface area contributed by atoms with E-state index < -0.39 is 0 Å². The van der Waals surface area contributed by atoms with E-state index in [1.54, 1.807) is 12.1 Å². The first-order valence-corrected chi connectivity index (χ1v) is 5.43. The molecular formula is C11H12FNOS. The Bertz CT molecular complexity index is 390. The number of hydrogen-bond donors (Lipinski definition) is 1. The van der Waals surface area contributed by atoms with Crippen molar-refractivity contribution in [3.8, 4) is 0 Å². The number of nitrogens with two attached hydrogens (primary N) is 1. The van der Waals surface area contributed by atoms with E-state index in [4.69, 9.17) is 5.73 Å². The first-order valence-electron chi connectivity index (χ1n) is 4.44. The summed E-state index contributed by atoms with van der Waals surface area (Å²) in [6, 6.07) is 4.24. The monoisotopic (exact) mass is 225 g/mol. The number of hydrogen-bond acceptors (Lipinski definition) is 3. The minimum absolute atomic E-state index is 0.0757. The van der Waals surface area contributed by atoms with Gasteiger partial charge < -0.3 is 5.73 Å². The second-order valence-corrected chi connectivity index (χ2v) is 4.18. The molecule has 4 heteroatoms. The number of nitrogen functional groups attached to an aromatic ring is 1. The van der Waals surface area contributed by atoms with Crippen molar-refractivity contribution in [3.05, 3.63) is 35.7 Å². The summed E-state index contributed by atoms with van der Waals surface area (Å²) in [5.74, 6) is 0.259. The third-order valence-corrected chi connectivity index (χ3v) is 2.49. The van der Waals surface area contributed by atoms with Crippen LogP contribution in [0.3, 0.4) is 0 Å². The lowest BCUT2D eigenvalue weighted by Gasteiger charge is -1.99. The van der Waals surface area contributed by atoms with Gasteiger partial charge in [0.25, 0.3) is 0 Å². The van der Waals surface area contributed by atoms with Crippen LogP contribution in [0.5, 0.6) is 0 Å².